The molecule has 0 atom stereocenters. The van der Waals surface area contributed by atoms with Gasteiger partial charge in [0.1, 0.15) is 11.5 Å². The van der Waals surface area contributed by atoms with Gasteiger partial charge in [0.25, 0.3) is 0 Å². The minimum atomic E-state index is 0.648. The van der Waals surface area contributed by atoms with Gasteiger partial charge >= 0.3 is 0 Å². The van der Waals surface area contributed by atoms with Crippen LogP contribution in [0.2, 0.25) is 0 Å². The van der Waals surface area contributed by atoms with Gasteiger partial charge in [0.05, 0.1) is 11.9 Å². The van der Waals surface area contributed by atoms with Gasteiger partial charge in [-0.3, -0.25) is 4.40 Å². The molecule has 0 amide bonds. The van der Waals surface area contributed by atoms with Crippen molar-refractivity contribution in [3.05, 3.63) is 30.1 Å². The fraction of sp³-hybridized carbons (Fsp3) is 0.125. The van der Waals surface area contributed by atoms with E-state index in [1.807, 2.05) is 22.6 Å². The molecule has 0 bridgehead atoms. The van der Waals surface area contributed by atoms with E-state index in [0.29, 0.717) is 11.6 Å². The van der Waals surface area contributed by atoms with Crippen LogP contribution in [0.5, 0.6) is 0 Å². The van der Waals surface area contributed by atoms with Gasteiger partial charge in [-0.25, -0.2) is 4.98 Å². The molecule has 0 spiro atoms. The maximum Gasteiger partial charge on any atom is 0.138 e. The van der Waals surface area contributed by atoms with Crippen LogP contribution in [0, 0.1) is 0 Å². The monoisotopic (exact) mass is 179 g/mol. The van der Waals surface area contributed by atoms with Crippen molar-refractivity contribution < 1.29 is 0 Å². The minimum absolute atomic E-state index is 0.648. The topological polar surface area (TPSA) is 43.3 Å². The van der Waals surface area contributed by atoms with E-state index in [4.69, 9.17) is 5.73 Å². The number of rotatable bonds is 1. The van der Waals surface area contributed by atoms with Crippen LogP contribution in [0.25, 0.3) is 5.65 Å². The van der Waals surface area contributed by atoms with Crippen molar-refractivity contribution in [1.29, 1.82) is 0 Å². The van der Waals surface area contributed by atoms with Crippen LogP contribution >= 0.6 is 12.6 Å². The molecular weight excluding hydrogens is 170 g/mol. The molecule has 0 unspecified atom stereocenters. The van der Waals surface area contributed by atoms with E-state index < -0.39 is 0 Å². The van der Waals surface area contributed by atoms with Crippen molar-refractivity contribution >= 4 is 24.1 Å². The number of nitrogens with zero attached hydrogens (tertiary/aromatic N) is 2. The number of hydrogen-bond acceptors (Lipinski definition) is 3. The van der Waals surface area contributed by atoms with Gasteiger partial charge in [-0.15, -0.1) is 0 Å². The molecule has 0 saturated carbocycles. The summed E-state index contributed by atoms with van der Waals surface area (Å²) in [5, 5.41) is 0. The Hall–Kier alpha value is -1.16. The van der Waals surface area contributed by atoms with Crippen LogP contribution in [0.1, 0.15) is 5.69 Å². The quantitative estimate of drug-likeness (QED) is 0.649. The first kappa shape index (κ1) is 7.49. The minimum Gasteiger partial charge on any atom is -0.385 e. The van der Waals surface area contributed by atoms with E-state index in [1.165, 1.54) is 0 Å². The fourth-order valence-corrected chi connectivity index (χ4v) is 1.46. The van der Waals surface area contributed by atoms with Crippen LogP contribution in [-0.4, -0.2) is 9.38 Å². The van der Waals surface area contributed by atoms with Gasteiger partial charge in [-0.1, -0.05) is 6.07 Å². The van der Waals surface area contributed by atoms with Gasteiger partial charge in [0.2, 0.25) is 0 Å². The van der Waals surface area contributed by atoms with Crippen molar-refractivity contribution in [2.45, 2.75) is 5.75 Å². The molecule has 2 heterocycles. The third-order valence-electron chi connectivity index (χ3n) is 1.79. The van der Waals surface area contributed by atoms with Crippen molar-refractivity contribution in [2.75, 3.05) is 5.73 Å². The zero-order valence-corrected chi connectivity index (χ0v) is 7.33. The Kier molecular flexibility index (Phi) is 1.69. The molecular formula is C8H9N3S. The van der Waals surface area contributed by atoms with E-state index in [0.717, 1.165) is 11.3 Å². The molecule has 0 aromatic carbocycles. The highest BCUT2D eigenvalue weighted by Gasteiger charge is 2.02. The van der Waals surface area contributed by atoms with E-state index in [9.17, 15) is 0 Å². The smallest absolute Gasteiger partial charge is 0.138 e. The summed E-state index contributed by atoms with van der Waals surface area (Å²) in [6.07, 6.45) is 1.79. The zero-order chi connectivity index (χ0) is 8.55. The summed E-state index contributed by atoms with van der Waals surface area (Å²) in [6, 6.07) is 5.66. The van der Waals surface area contributed by atoms with Crippen LogP contribution in [0.15, 0.2) is 24.4 Å². The van der Waals surface area contributed by atoms with Gasteiger partial charge in [0.15, 0.2) is 0 Å². The van der Waals surface area contributed by atoms with Crippen molar-refractivity contribution in [3.8, 4) is 0 Å². The van der Waals surface area contributed by atoms with E-state index in [2.05, 4.69) is 17.6 Å². The number of anilines is 1. The van der Waals surface area contributed by atoms with E-state index >= 15 is 0 Å². The molecule has 2 rings (SSSR count). The Balaban J connectivity index is 2.83. The second kappa shape index (κ2) is 2.71. The predicted octanol–water partition coefficient (Wildman–Crippen LogP) is 1.35. The second-order valence-electron chi connectivity index (χ2n) is 2.55. The summed E-state index contributed by atoms with van der Waals surface area (Å²) in [5.41, 5.74) is 7.66. The number of thiol groups is 1. The number of aromatic nitrogens is 2. The summed E-state index contributed by atoms with van der Waals surface area (Å²) in [6.45, 7) is 0. The lowest BCUT2D eigenvalue weighted by molar-refractivity contribution is 1.11. The average molecular weight is 179 g/mol. The SMILES string of the molecule is Nc1cccc2ncc(CS)n12. The van der Waals surface area contributed by atoms with Gasteiger partial charge in [-0.2, -0.15) is 12.6 Å². The van der Waals surface area contributed by atoms with Crippen LogP contribution in [-0.2, 0) is 5.75 Å². The first-order valence-electron chi connectivity index (χ1n) is 3.64. The molecule has 0 radical (unpaired) electrons. The Labute approximate surface area is 75.6 Å². The molecule has 62 valence electrons. The molecule has 2 aromatic heterocycles. The molecule has 2 aromatic rings. The maximum absolute atomic E-state index is 5.77. The third kappa shape index (κ3) is 0.956. The highest BCUT2D eigenvalue weighted by molar-refractivity contribution is 7.79. The molecule has 4 heteroatoms. The lowest BCUT2D eigenvalue weighted by atomic mass is 10.4. The Morgan fingerprint density at radius 1 is 1.50 bits per heavy atom. The zero-order valence-electron chi connectivity index (χ0n) is 6.44. The molecule has 0 aliphatic carbocycles. The Bertz CT molecular complexity index is 408. The highest BCUT2D eigenvalue weighted by atomic mass is 32.1. The maximum atomic E-state index is 5.77. The Morgan fingerprint density at radius 2 is 2.33 bits per heavy atom. The second-order valence-corrected chi connectivity index (χ2v) is 2.87. The first-order valence-corrected chi connectivity index (χ1v) is 4.28. The fourth-order valence-electron chi connectivity index (χ4n) is 1.24. The normalized spacial score (nSPS) is 10.8. The largest absolute Gasteiger partial charge is 0.385 e. The lowest BCUT2D eigenvalue weighted by Crippen LogP contribution is -1.98. The van der Waals surface area contributed by atoms with Crippen molar-refractivity contribution in [1.82, 2.24) is 9.38 Å². The summed E-state index contributed by atoms with van der Waals surface area (Å²) in [7, 11) is 0. The molecule has 12 heavy (non-hydrogen) atoms. The summed E-state index contributed by atoms with van der Waals surface area (Å²) < 4.78 is 1.90. The number of pyridine rings is 1. The van der Waals surface area contributed by atoms with Gasteiger partial charge in [-0.05, 0) is 12.1 Å². The molecule has 0 fully saturated rings. The van der Waals surface area contributed by atoms with E-state index in [1.54, 1.807) is 6.20 Å². The first-order chi connectivity index (χ1) is 5.83. The van der Waals surface area contributed by atoms with E-state index in [-0.39, 0.29) is 0 Å². The molecule has 2 N–H and O–H groups in total. The van der Waals surface area contributed by atoms with Gasteiger partial charge < -0.3 is 5.73 Å². The molecule has 0 saturated heterocycles. The number of hydrogen-bond donors (Lipinski definition) is 2. The number of imidazole rings is 1. The number of nitrogen functional groups attached to an aromatic ring is 1. The third-order valence-corrected chi connectivity index (χ3v) is 2.12. The number of fused-ring (bicyclic) bond motifs is 1. The summed E-state index contributed by atoms with van der Waals surface area (Å²) in [4.78, 5) is 4.18. The predicted molar refractivity (Wildman–Crippen MR) is 52.3 cm³/mol. The Morgan fingerprint density at radius 3 is 3.08 bits per heavy atom. The summed E-state index contributed by atoms with van der Waals surface area (Å²) in [5.74, 6) is 1.35. The molecule has 0 aliphatic rings. The van der Waals surface area contributed by atoms with Crippen LogP contribution < -0.4 is 5.73 Å². The molecule has 0 aliphatic heterocycles. The molecule has 3 nitrogen and oxygen atoms in total. The van der Waals surface area contributed by atoms with Crippen LogP contribution in [0.3, 0.4) is 0 Å². The van der Waals surface area contributed by atoms with Gasteiger partial charge in [0, 0.05) is 5.75 Å². The highest BCUT2D eigenvalue weighted by Crippen LogP contribution is 2.13. The lowest BCUT2D eigenvalue weighted by Gasteiger charge is -2.01. The standard InChI is InChI=1S/C8H9N3S/c9-7-2-1-3-8-10-4-6(5-12)11(7)8/h1-4,12H,5,9H2. The van der Waals surface area contributed by atoms with Crippen LogP contribution in [0.4, 0.5) is 5.82 Å². The summed E-state index contributed by atoms with van der Waals surface area (Å²) >= 11 is 4.18. The average Bonchev–Trinajstić information content (AvgIpc) is 2.49. The van der Waals surface area contributed by atoms with Crippen molar-refractivity contribution in [3.63, 3.8) is 0 Å². The number of nitrogens with two attached hydrogens (primary N) is 1. The van der Waals surface area contributed by atoms with Crippen molar-refractivity contribution in [2.24, 2.45) is 0 Å².